The summed E-state index contributed by atoms with van der Waals surface area (Å²) in [6.45, 7) is 4.36. The third-order valence-corrected chi connectivity index (χ3v) is 3.62. The molecule has 5 heteroatoms. The van der Waals surface area contributed by atoms with Crippen molar-refractivity contribution in [2.24, 2.45) is 5.92 Å². The summed E-state index contributed by atoms with van der Waals surface area (Å²) in [5.41, 5.74) is 0. The molecule has 0 aliphatic heterocycles. The molecule has 0 aliphatic carbocycles. The van der Waals surface area contributed by atoms with E-state index in [9.17, 15) is 9.59 Å². The molecule has 1 rings (SSSR count). The number of carbonyl (C=O) groups is 2. The fraction of sp³-hybridized carbons (Fsp3) is 0.385. The van der Waals surface area contributed by atoms with E-state index in [2.05, 4.69) is 5.32 Å². The Hall–Kier alpha value is -1.62. The zero-order valence-corrected chi connectivity index (χ0v) is 11.3. The van der Waals surface area contributed by atoms with Crippen LogP contribution in [0.1, 0.15) is 30.0 Å². The first kappa shape index (κ1) is 14.4. The molecule has 0 bridgehead atoms. The molecule has 0 saturated carbocycles. The van der Waals surface area contributed by atoms with Crippen molar-refractivity contribution in [3.63, 3.8) is 0 Å². The van der Waals surface area contributed by atoms with Crippen LogP contribution in [0.2, 0.25) is 0 Å². The van der Waals surface area contributed by atoms with Crippen molar-refractivity contribution < 1.29 is 14.7 Å². The summed E-state index contributed by atoms with van der Waals surface area (Å²) in [6, 6.07) is 3.73. The molecule has 0 fully saturated rings. The van der Waals surface area contributed by atoms with Gasteiger partial charge in [-0.3, -0.25) is 4.79 Å². The second-order valence-electron chi connectivity index (χ2n) is 4.00. The number of hydrogen-bond donors (Lipinski definition) is 2. The third kappa shape index (κ3) is 4.71. The number of hydrogen-bond acceptors (Lipinski definition) is 3. The molecular weight excluding hydrogens is 250 g/mol. The van der Waals surface area contributed by atoms with Gasteiger partial charge in [-0.1, -0.05) is 13.8 Å². The highest BCUT2D eigenvalue weighted by atomic mass is 32.1. The summed E-state index contributed by atoms with van der Waals surface area (Å²) in [7, 11) is 0. The summed E-state index contributed by atoms with van der Waals surface area (Å²) >= 11 is 1.47. The Morgan fingerprint density at radius 1 is 1.50 bits per heavy atom. The lowest BCUT2D eigenvalue weighted by atomic mass is 10.1. The Labute approximate surface area is 110 Å². The Balaban J connectivity index is 2.49. The fourth-order valence-electron chi connectivity index (χ4n) is 1.27. The van der Waals surface area contributed by atoms with Crippen LogP contribution in [0.15, 0.2) is 18.2 Å². The number of carboxylic acid groups (broad SMARTS) is 1. The van der Waals surface area contributed by atoms with Crippen LogP contribution in [0, 0.1) is 5.92 Å². The smallest absolute Gasteiger partial charge is 0.328 e. The minimum Gasteiger partial charge on any atom is -0.478 e. The first-order valence-corrected chi connectivity index (χ1v) is 6.62. The first-order chi connectivity index (χ1) is 8.52. The number of nitrogens with one attached hydrogen (secondary N) is 1. The summed E-state index contributed by atoms with van der Waals surface area (Å²) in [5.74, 6) is -0.889. The van der Waals surface area contributed by atoms with Crippen LogP contribution in [0.4, 0.5) is 0 Å². The predicted octanol–water partition coefficient (Wildman–Crippen LogP) is 2.51. The summed E-state index contributed by atoms with van der Waals surface area (Å²) in [6.07, 6.45) is 3.48. The van der Waals surface area contributed by atoms with Gasteiger partial charge in [0, 0.05) is 21.7 Å². The van der Waals surface area contributed by atoms with Crippen LogP contribution < -0.4 is 5.32 Å². The SMILES string of the molecule is CCC(C)C(=O)NCc1ccc(C=CC(=O)O)s1. The van der Waals surface area contributed by atoms with Gasteiger partial charge in [0.2, 0.25) is 5.91 Å². The highest BCUT2D eigenvalue weighted by Gasteiger charge is 2.09. The number of carbonyl (C=O) groups excluding carboxylic acids is 1. The van der Waals surface area contributed by atoms with E-state index in [-0.39, 0.29) is 11.8 Å². The van der Waals surface area contributed by atoms with Gasteiger partial charge in [0.25, 0.3) is 0 Å². The number of thiophene rings is 1. The lowest BCUT2D eigenvalue weighted by Crippen LogP contribution is -2.27. The van der Waals surface area contributed by atoms with E-state index in [0.717, 1.165) is 22.3 Å². The van der Waals surface area contributed by atoms with Gasteiger partial charge in [0.15, 0.2) is 0 Å². The summed E-state index contributed by atoms with van der Waals surface area (Å²) in [4.78, 5) is 23.8. The quantitative estimate of drug-likeness (QED) is 0.778. The van der Waals surface area contributed by atoms with E-state index in [0.29, 0.717) is 6.54 Å². The molecule has 0 radical (unpaired) electrons. The van der Waals surface area contributed by atoms with Crippen molar-refractivity contribution in [1.82, 2.24) is 5.32 Å². The zero-order chi connectivity index (χ0) is 13.5. The van der Waals surface area contributed by atoms with Gasteiger partial charge in [-0.05, 0) is 24.6 Å². The molecule has 1 atom stereocenters. The van der Waals surface area contributed by atoms with Crippen LogP contribution in [0.25, 0.3) is 6.08 Å². The van der Waals surface area contributed by atoms with Crippen molar-refractivity contribution in [1.29, 1.82) is 0 Å². The molecule has 1 amide bonds. The molecule has 0 aromatic carbocycles. The van der Waals surface area contributed by atoms with E-state index in [1.165, 1.54) is 11.3 Å². The molecule has 2 N–H and O–H groups in total. The van der Waals surface area contributed by atoms with Crippen molar-refractivity contribution in [3.05, 3.63) is 28.0 Å². The summed E-state index contributed by atoms with van der Waals surface area (Å²) in [5, 5.41) is 11.4. The Bertz CT molecular complexity index is 451. The van der Waals surface area contributed by atoms with Crippen LogP contribution in [-0.4, -0.2) is 17.0 Å². The highest BCUT2D eigenvalue weighted by Crippen LogP contribution is 2.17. The molecule has 1 aromatic heterocycles. The minimum absolute atomic E-state index is 0.0244. The monoisotopic (exact) mass is 267 g/mol. The van der Waals surface area contributed by atoms with E-state index in [4.69, 9.17) is 5.11 Å². The van der Waals surface area contributed by atoms with Crippen molar-refractivity contribution in [2.75, 3.05) is 0 Å². The van der Waals surface area contributed by atoms with Crippen LogP contribution >= 0.6 is 11.3 Å². The van der Waals surface area contributed by atoms with Crippen LogP contribution in [-0.2, 0) is 16.1 Å². The van der Waals surface area contributed by atoms with E-state index in [1.807, 2.05) is 26.0 Å². The molecule has 0 spiro atoms. The maximum atomic E-state index is 11.6. The average Bonchev–Trinajstić information content (AvgIpc) is 2.80. The number of aliphatic carboxylic acids is 1. The number of rotatable bonds is 6. The number of amides is 1. The molecule has 4 nitrogen and oxygen atoms in total. The summed E-state index contributed by atoms with van der Waals surface area (Å²) < 4.78 is 0. The van der Waals surface area contributed by atoms with Gasteiger partial charge in [0.05, 0.1) is 6.54 Å². The van der Waals surface area contributed by atoms with E-state index < -0.39 is 5.97 Å². The van der Waals surface area contributed by atoms with E-state index >= 15 is 0 Å². The highest BCUT2D eigenvalue weighted by molar-refractivity contribution is 7.12. The minimum atomic E-state index is -0.963. The lowest BCUT2D eigenvalue weighted by molar-refractivity contribution is -0.131. The van der Waals surface area contributed by atoms with Crippen LogP contribution in [0.3, 0.4) is 0 Å². The molecule has 1 heterocycles. The van der Waals surface area contributed by atoms with Crippen molar-refractivity contribution >= 4 is 29.3 Å². The predicted molar refractivity (Wildman–Crippen MR) is 72.3 cm³/mol. The molecular formula is C13H17NO3S. The van der Waals surface area contributed by atoms with Gasteiger partial charge < -0.3 is 10.4 Å². The standard InChI is InChI=1S/C13H17NO3S/c1-3-9(2)13(17)14-8-11-5-4-10(18-11)6-7-12(15)16/h4-7,9H,3,8H2,1-2H3,(H,14,17)(H,15,16). The average molecular weight is 267 g/mol. The Morgan fingerprint density at radius 3 is 2.83 bits per heavy atom. The molecule has 98 valence electrons. The van der Waals surface area contributed by atoms with Gasteiger partial charge in [-0.2, -0.15) is 0 Å². The Kier molecular flexibility index (Phi) is 5.58. The zero-order valence-electron chi connectivity index (χ0n) is 10.5. The molecule has 1 aromatic rings. The normalized spacial score (nSPS) is 12.6. The van der Waals surface area contributed by atoms with Gasteiger partial charge in [0.1, 0.15) is 0 Å². The largest absolute Gasteiger partial charge is 0.478 e. The fourth-order valence-corrected chi connectivity index (χ4v) is 2.12. The number of carboxylic acids is 1. The topological polar surface area (TPSA) is 66.4 Å². The third-order valence-electron chi connectivity index (χ3n) is 2.57. The molecule has 0 saturated heterocycles. The van der Waals surface area contributed by atoms with Gasteiger partial charge in [-0.15, -0.1) is 11.3 Å². The maximum Gasteiger partial charge on any atom is 0.328 e. The molecule has 18 heavy (non-hydrogen) atoms. The van der Waals surface area contributed by atoms with Gasteiger partial charge >= 0.3 is 5.97 Å². The second-order valence-corrected chi connectivity index (χ2v) is 5.20. The molecule has 0 aliphatic rings. The van der Waals surface area contributed by atoms with E-state index in [1.54, 1.807) is 6.08 Å². The van der Waals surface area contributed by atoms with Crippen molar-refractivity contribution in [3.8, 4) is 0 Å². The molecule has 1 unspecified atom stereocenters. The first-order valence-electron chi connectivity index (χ1n) is 5.80. The second kappa shape index (κ2) is 6.96. The van der Waals surface area contributed by atoms with Crippen LogP contribution in [0.5, 0.6) is 0 Å². The Morgan fingerprint density at radius 2 is 2.22 bits per heavy atom. The lowest BCUT2D eigenvalue weighted by Gasteiger charge is -2.08. The van der Waals surface area contributed by atoms with Gasteiger partial charge in [-0.25, -0.2) is 4.79 Å². The van der Waals surface area contributed by atoms with Crippen molar-refractivity contribution in [2.45, 2.75) is 26.8 Å². The maximum absolute atomic E-state index is 11.6.